The van der Waals surface area contributed by atoms with Gasteiger partial charge in [0.2, 0.25) is 5.17 Å². The maximum Gasteiger partial charge on any atom is 0.283 e. The van der Waals surface area contributed by atoms with E-state index in [1.165, 1.54) is 28.9 Å². The Morgan fingerprint density at radius 3 is 2.74 bits per heavy atom. The molecule has 1 aromatic carbocycles. The molecule has 27 heavy (non-hydrogen) atoms. The topological polar surface area (TPSA) is 73.8 Å². The first-order chi connectivity index (χ1) is 12.8. The summed E-state index contributed by atoms with van der Waals surface area (Å²) >= 11 is 1.27. The Morgan fingerprint density at radius 2 is 2.00 bits per heavy atom. The van der Waals surface area contributed by atoms with E-state index in [0.717, 1.165) is 22.0 Å². The molecule has 4 rings (SSSR count). The Hall–Kier alpha value is -3.00. The first-order valence-corrected chi connectivity index (χ1v) is 9.08. The van der Waals surface area contributed by atoms with E-state index in [1.54, 1.807) is 19.1 Å². The van der Waals surface area contributed by atoms with Crippen LogP contribution in [0.1, 0.15) is 23.9 Å². The number of fused-ring (bicyclic) bond motifs is 1. The van der Waals surface area contributed by atoms with E-state index in [4.69, 9.17) is 5.41 Å². The number of nitrogens with zero attached hydrogens (tertiary/aromatic N) is 4. The van der Waals surface area contributed by atoms with Gasteiger partial charge < -0.3 is 4.57 Å². The van der Waals surface area contributed by atoms with Gasteiger partial charge in [-0.25, -0.2) is 4.39 Å². The molecule has 3 heterocycles. The lowest BCUT2D eigenvalue weighted by Crippen LogP contribution is -2.35. The minimum absolute atomic E-state index is 0.00455. The van der Waals surface area contributed by atoms with E-state index in [1.807, 2.05) is 30.5 Å². The van der Waals surface area contributed by atoms with Crippen LogP contribution in [-0.2, 0) is 4.79 Å². The normalized spacial score (nSPS) is 18.1. The highest BCUT2D eigenvalue weighted by atomic mass is 32.2. The minimum Gasteiger partial charge on any atom is -0.318 e. The highest BCUT2D eigenvalue weighted by Crippen LogP contribution is 2.29. The van der Waals surface area contributed by atoms with Gasteiger partial charge in [0.05, 0.1) is 10.6 Å². The quantitative estimate of drug-likeness (QED) is 0.803. The minimum atomic E-state index is -0.459. The molecule has 0 radical (unpaired) electrons. The second kappa shape index (κ2) is 6.31. The van der Waals surface area contributed by atoms with Crippen molar-refractivity contribution < 1.29 is 9.18 Å². The fourth-order valence-electron chi connectivity index (χ4n) is 3.19. The van der Waals surface area contributed by atoms with Gasteiger partial charge in [0.1, 0.15) is 5.82 Å². The van der Waals surface area contributed by atoms with Crippen molar-refractivity contribution in [3.63, 3.8) is 0 Å². The Balaban J connectivity index is 1.78. The standard InChI is InChI=1S/C19H16FN5OS/c1-10-7-13(11(2)24(10)15-6-4-5-14(20)9-15)8-16-17(21)25-19(22-18(16)26)27-12(3)23-25/h4-9,21H,1-3H3/b16-8+,21-17?. The third-order valence-electron chi connectivity index (χ3n) is 4.39. The maximum atomic E-state index is 13.6. The van der Waals surface area contributed by atoms with Gasteiger partial charge in [-0.2, -0.15) is 15.1 Å². The largest absolute Gasteiger partial charge is 0.318 e. The van der Waals surface area contributed by atoms with Crippen molar-refractivity contribution in [3.8, 4) is 5.69 Å². The lowest BCUT2D eigenvalue weighted by atomic mass is 10.1. The molecular formula is C19H16FN5OS. The molecule has 1 aromatic heterocycles. The first-order valence-electron chi connectivity index (χ1n) is 8.27. The van der Waals surface area contributed by atoms with Crippen molar-refractivity contribution in [1.82, 2.24) is 9.58 Å². The van der Waals surface area contributed by atoms with Gasteiger partial charge in [-0.15, -0.1) is 0 Å². The Morgan fingerprint density at radius 1 is 1.22 bits per heavy atom. The number of rotatable bonds is 2. The fraction of sp³-hybridized carbons (Fsp3) is 0.158. The van der Waals surface area contributed by atoms with Gasteiger partial charge in [0.15, 0.2) is 5.84 Å². The van der Waals surface area contributed by atoms with Gasteiger partial charge in [-0.1, -0.05) is 6.07 Å². The molecular weight excluding hydrogens is 365 g/mol. The predicted molar refractivity (Wildman–Crippen MR) is 106 cm³/mol. The zero-order valence-corrected chi connectivity index (χ0v) is 15.8. The third-order valence-corrected chi connectivity index (χ3v) is 5.22. The van der Waals surface area contributed by atoms with Crippen molar-refractivity contribution in [2.75, 3.05) is 0 Å². The summed E-state index contributed by atoms with van der Waals surface area (Å²) in [6, 6.07) is 8.24. The van der Waals surface area contributed by atoms with Crippen LogP contribution in [0.15, 0.2) is 46.0 Å². The Bertz CT molecular complexity index is 1100. The van der Waals surface area contributed by atoms with Crippen LogP contribution in [-0.4, -0.2) is 31.5 Å². The van der Waals surface area contributed by atoms with E-state index < -0.39 is 5.91 Å². The number of aromatic nitrogens is 1. The van der Waals surface area contributed by atoms with Crippen molar-refractivity contribution in [2.45, 2.75) is 20.8 Å². The van der Waals surface area contributed by atoms with Crippen molar-refractivity contribution >= 4 is 39.8 Å². The number of nitrogens with one attached hydrogen (secondary N) is 1. The van der Waals surface area contributed by atoms with E-state index in [0.29, 0.717) is 10.9 Å². The number of thioether (sulfide) groups is 1. The molecule has 8 heteroatoms. The molecule has 1 N–H and O–H groups in total. The number of halogens is 1. The zero-order valence-electron chi connectivity index (χ0n) is 14.9. The van der Waals surface area contributed by atoms with Gasteiger partial charge >= 0.3 is 0 Å². The zero-order chi connectivity index (χ0) is 19.3. The molecule has 2 aromatic rings. The molecule has 1 amide bonds. The van der Waals surface area contributed by atoms with Crippen molar-refractivity contribution in [2.24, 2.45) is 10.1 Å². The number of carbonyl (C=O) groups excluding carboxylic acids is 1. The number of hydrogen-bond acceptors (Lipinski definition) is 4. The number of hydrogen-bond donors (Lipinski definition) is 1. The molecule has 0 aliphatic carbocycles. The summed E-state index contributed by atoms with van der Waals surface area (Å²) in [5.74, 6) is -0.769. The van der Waals surface area contributed by atoms with E-state index in [-0.39, 0.29) is 17.2 Å². The summed E-state index contributed by atoms with van der Waals surface area (Å²) in [4.78, 5) is 16.5. The van der Waals surface area contributed by atoms with Gasteiger partial charge in [-0.05, 0) is 68.4 Å². The molecule has 0 fully saturated rings. The molecule has 2 aliphatic rings. The van der Waals surface area contributed by atoms with Crippen LogP contribution in [0.4, 0.5) is 4.39 Å². The molecule has 0 bridgehead atoms. The van der Waals surface area contributed by atoms with E-state index >= 15 is 0 Å². The Labute approximate surface area is 159 Å². The molecule has 0 atom stereocenters. The number of aryl methyl sites for hydroxylation is 1. The molecule has 136 valence electrons. The van der Waals surface area contributed by atoms with Crippen LogP contribution in [0.25, 0.3) is 11.8 Å². The molecule has 6 nitrogen and oxygen atoms in total. The van der Waals surface area contributed by atoms with Crippen LogP contribution in [0.3, 0.4) is 0 Å². The van der Waals surface area contributed by atoms with Crippen molar-refractivity contribution in [1.29, 1.82) is 5.41 Å². The number of benzene rings is 1. The average Bonchev–Trinajstić information content (AvgIpc) is 3.10. The second-order valence-electron chi connectivity index (χ2n) is 6.28. The van der Waals surface area contributed by atoms with Gasteiger partial charge in [0, 0.05) is 17.1 Å². The highest BCUT2D eigenvalue weighted by molar-refractivity contribution is 8.26. The lowest BCUT2D eigenvalue weighted by molar-refractivity contribution is -0.114. The van der Waals surface area contributed by atoms with E-state index in [9.17, 15) is 9.18 Å². The number of hydrazone groups is 1. The summed E-state index contributed by atoms with van der Waals surface area (Å²) in [5.41, 5.74) is 3.40. The molecule has 2 aliphatic heterocycles. The number of carbonyl (C=O) groups is 1. The summed E-state index contributed by atoms with van der Waals surface area (Å²) in [7, 11) is 0. The summed E-state index contributed by atoms with van der Waals surface area (Å²) in [6.07, 6.45) is 1.65. The fourth-order valence-corrected chi connectivity index (χ4v) is 3.92. The lowest BCUT2D eigenvalue weighted by Gasteiger charge is -2.20. The van der Waals surface area contributed by atoms with Crippen molar-refractivity contribution in [3.05, 3.63) is 58.7 Å². The molecule has 0 spiro atoms. The third kappa shape index (κ3) is 2.91. The van der Waals surface area contributed by atoms with Gasteiger partial charge in [0.25, 0.3) is 5.91 Å². The van der Waals surface area contributed by atoms with Crippen LogP contribution in [0.2, 0.25) is 0 Å². The summed E-state index contributed by atoms with van der Waals surface area (Å²) in [6.45, 7) is 5.61. The number of aliphatic imine (C=N–C) groups is 1. The average molecular weight is 381 g/mol. The number of amidine groups is 2. The van der Waals surface area contributed by atoms with Gasteiger partial charge in [-0.3, -0.25) is 10.2 Å². The second-order valence-corrected chi connectivity index (χ2v) is 7.44. The Kier molecular flexibility index (Phi) is 4.07. The predicted octanol–water partition coefficient (Wildman–Crippen LogP) is 3.87. The van der Waals surface area contributed by atoms with Crippen LogP contribution in [0, 0.1) is 25.1 Å². The molecule has 0 unspecified atom stereocenters. The molecule has 0 saturated heterocycles. The van der Waals surface area contributed by atoms with Crippen LogP contribution >= 0.6 is 11.8 Å². The summed E-state index contributed by atoms with van der Waals surface area (Å²) in [5, 5.41) is 15.1. The van der Waals surface area contributed by atoms with Crippen LogP contribution < -0.4 is 0 Å². The summed E-state index contributed by atoms with van der Waals surface area (Å²) < 4.78 is 15.5. The first kappa shape index (κ1) is 17.4. The maximum absolute atomic E-state index is 13.6. The van der Waals surface area contributed by atoms with E-state index in [2.05, 4.69) is 10.1 Å². The SMILES string of the molecule is CC1=NN2C(=N)/C(=C\c3cc(C)n(-c4cccc(F)c4)c3C)C(=O)N=C2S1. The monoisotopic (exact) mass is 381 g/mol. The molecule has 0 saturated carbocycles. The highest BCUT2D eigenvalue weighted by Gasteiger charge is 2.34. The van der Waals surface area contributed by atoms with Crippen LogP contribution in [0.5, 0.6) is 0 Å². The number of amides is 1. The smallest absolute Gasteiger partial charge is 0.283 e.